The first-order valence-electron chi connectivity index (χ1n) is 6.43. The molecule has 0 saturated heterocycles. The van der Waals surface area contributed by atoms with Crippen LogP contribution in [0.15, 0.2) is 47.4 Å². The van der Waals surface area contributed by atoms with Gasteiger partial charge < -0.3 is 4.18 Å². The molecule has 0 amide bonds. The number of benzene rings is 2. The first-order chi connectivity index (χ1) is 11.0. The maximum Gasteiger partial charge on any atom is 0.417 e. The molecule has 0 fully saturated rings. The van der Waals surface area contributed by atoms with Gasteiger partial charge in [0, 0.05) is 10.6 Å². The topological polar surface area (TPSA) is 60.4 Å². The molecule has 9 heteroatoms. The number of Topliss-reactive ketones (excluding diaryl/α,β-unsaturated/α-hetero) is 1. The molecule has 0 aliphatic heterocycles. The average Bonchev–Trinajstić information content (AvgIpc) is 2.45. The maximum atomic E-state index is 13.0. The molecule has 4 nitrogen and oxygen atoms in total. The lowest BCUT2D eigenvalue weighted by Crippen LogP contribution is -2.17. The van der Waals surface area contributed by atoms with Gasteiger partial charge in [0.1, 0.15) is 10.6 Å². The van der Waals surface area contributed by atoms with E-state index >= 15 is 0 Å². The van der Waals surface area contributed by atoms with E-state index in [-0.39, 0.29) is 22.1 Å². The lowest BCUT2D eigenvalue weighted by atomic mass is 10.1. The van der Waals surface area contributed by atoms with Crippen molar-refractivity contribution in [3.8, 4) is 5.75 Å². The Balaban J connectivity index is 2.49. The number of hydrogen-bond donors (Lipinski definition) is 0. The normalized spacial score (nSPS) is 12.0. The number of carbonyl (C=O) groups is 1. The largest absolute Gasteiger partial charge is 0.417 e. The first kappa shape index (κ1) is 18.3. The third kappa shape index (κ3) is 4.07. The molecule has 0 radical (unpaired) electrons. The van der Waals surface area contributed by atoms with Gasteiger partial charge in [0.2, 0.25) is 0 Å². The van der Waals surface area contributed by atoms with Crippen LogP contribution in [-0.2, 0) is 16.3 Å². The number of hydrogen-bond acceptors (Lipinski definition) is 4. The predicted molar refractivity (Wildman–Crippen MR) is 80.7 cm³/mol. The Morgan fingerprint density at radius 3 is 2.38 bits per heavy atom. The third-order valence-electron chi connectivity index (χ3n) is 2.96. The summed E-state index contributed by atoms with van der Waals surface area (Å²) in [6.45, 7) is 1.26. The lowest BCUT2D eigenvalue weighted by Gasteiger charge is -2.14. The van der Waals surface area contributed by atoms with E-state index in [2.05, 4.69) is 0 Å². The fraction of sp³-hybridized carbons (Fsp3) is 0.133. The Bertz CT molecular complexity index is 892. The van der Waals surface area contributed by atoms with Gasteiger partial charge in [-0.2, -0.15) is 21.6 Å². The highest BCUT2D eigenvalue weighted by Gasteiger charge is 2.38. The molecule has 2 aromatic rings. The second-order valence-corrected chi connectivity index (χ2v) is 6.71. The maximum absolute atomic E-state index is 13.0. The second-order valence-electron chi connectivity index (χ2n) is 4.76. The minimum Gasteiger partial charge on any atom is -0.379 e. The Morgan fingerprint density at radius 1 is 1.12 bits per heavy atom. The molecular formula is C15H10ClF3O4S. The quantitative estimate of drug-likeness (QED) is 0.587. The second kappa shape index (κ2) is 6.45. The Hall–Kier alpha value is -2.06. The predicted octanol–water partition coefficient (Wildman–Crippen LogP) is 4.33. The van der Waals surface area contributed by atoms with Crippen molar-refractivity contribution in [1.29, 1.82) is 0 Å². The van der Waals surface area contributed by atoms with E-state index in [0.29, 0.717) is 6.07 Å². The van der Waals surface area contributed by atoms with E-state index < -0.39 is 26.8 Å². The molecule has 0 N–H and O–H groups in total. The molecule has 2 aromatic carbocycles. The molecule has 0 aromatic heterocycles. The summed E-state index contributed by atoms with van der Waals surface area (Å²) in [5.74, 6) is -0.619. The van der Waals surface area contributed by atoms with Crippen LogP contribution in [0.4, 0.5) is 13.2 Å². The zero-order chi connectivity index (χ0) is 18.1. The van der Waals surface area contributed by atoms with Crippen molar-refractivity contribution in [3.63, 3.8) is 0 Å². The van der Waals surface area contributed by atoms with Crippen LogP contribution >= 0.6 is 11.6 Å². The van der Waals surface area contributed by atoms with Gasteiger partial charge in [0.05, 0.1) is 5.56 Å². The van der Waals surface area contributed by atoms with E-state index in [1.54, 1.807) is 0 Å². The van der Waals surface area contributed by atoms with E-state index in [4.69, 9.17) is 15.8 Å². The molecule has 0 aliphatic carbocycles. The van der Waals surface area contributed by atoms with E-state index in [0.717, 1.165) is 18.2 Å². The summed E-state index contributed by atoms with van der Waals surface area (Å²) in [6.07, 6.45) is -4.93. The van der Waals surface area contributed by atoms with Gasteiger partial charge >= 0.3 is 16.3 Å². The highest BCUT2D eigenvalue weighted by molar-refractivity contribution is 7.87. The summed E-state index contributed by atoms with van der Waals surface area (Å²) in [6, 6.07) is 7.35. The van der Waals surface area contributed by atoms with Crippen LogP contribution in [-0.4, -0.2) is 14.2 Å². The van der Waals surface area contributed by atoms with Gasteiger partial charge in [-0.25, -0.2) is 0 Å². The lowest BCUT2D eigenvalue weighted by molar-refractivity contribution is -0.139. The molecule has 0 heterocycles. The van der Waals surface area contributed by atoms with Crippen molar-refractivity contribution in [2.24, 2.45) is 0 Å². The monoisotopic (exact) mass is 378 g/mol. The van der Waals surface area contributed by atoms with Crippen LogP contribution in [0.5, 0.6) is 5.75 Å². The zero-order valence-electron chi connectivity index (χ0n) is 12.1. The smallest absolute Gasteiger partial charge is 0.379 e. The summed E-state index contributed by atoms with van der Waals surface area (Å²) in [5.41, 5.74) is -1.27. The van der Waals surface area contributed by atoms with Gasteiger partial charge in [-0.15, -0.1) is 0 Å². The van der Waals surface area contributed by atoms with Crippen LogP contribution in [0.25, 0.3) is 0 Å². The average molecular weight is 379 g/mol. The van der Waals surface area contributed by atoms with Crippen molar-refractivity contribution in [2.75, 3.05) is 0 Å². The highest BCUT2D eigenvalue weighted by atomic mass is 35.5. The molecule has 0 aliphatic rings. The van der Waals surface area contributed by atoms with Crippen molar-refractivity contribution in [1.82, 2.24) is 0 Å². The highest BCUT2D eigenvalue weighted by Crippen LogP contribution is 2.36. The van der Waals surface area contributed by atoms with Crippen molar-refractivity contribution in [3.05, 3.63) is 58.6 Å². The van der Waals surface area contributed by atoms with Gasteiger partial charge in [0.25, 0.3) is 0 Å². The van der Waals surface area contributed by atoms with Crippen LogP contribution < -0.4 is 4.18 Å². The Labute approximate surface area is 140 Å². The number of ketones is 1. The standard InChI is InChI=1S/C15H10ClF3O4S/c1-9(20)10-3-2-4-12(7-10)23-24(21,22)14-6-5-11(16)8-13(14)15(17,18)19/h2-8H,1H3. The fourth-order valence-corrected chi connectivity index (χ4v) is 3.18. The molecule has 128 valence electrons. The van der Waals surface area contributed by atoms with Crippen molar-refractivity contribution >= 4 is 27.5 Å². The first-order valence-corrected chi connectivity index (χ1v) is 8.21. The molecule has 0 saturated carbocycles. The van der Waals surface area contributed by atoms with Gasteiger partial charge in [0.15, 0.2) is 5.78 Å². The number of rotatable bonds is 4. The number of carbonyl (C=O) groups excluding carboxylic acids is 1. The Kier molecular flexibility index (Phi) is 4.91. The van der Waals surface area contributed by atoms with Crippen LogP contribution in [0.1, 0.15) is 22.8 Å². The molecule has 0 spiro atoms. The van der Waals surface area contributed by atoms with Crippen LogP contribution in [0.3, 0.4) is 0 Å². The van der Waals surface area contributed by atoms with Crippen molar-refractivity contribution < 1.29 is 30.6 Å². The summed E-state index contributed by atoms with van der Waals surface area (Å²) < 4.78 is 68.3. The summed E-state index contributed by atoms with van der Waals surface area (Å²) in [5, 5.41) is -0.264. The van der Waals surface area contributed by atoms with Crippen molar-refractivity contribution in [2.45, 2.75) is 18.0 Å². The molecule has 24 heavy (non-hydrogen) atoms. The van der Waals surface area contributed by atoms with E-state index in [9.17, 15) is 26.4 Å². The SMILES string of the molecule is CC(=O)c1cccc(OS(=O)(=O)c2ccc(Cl)cc2C(F)(F)F)c1. The van der Waals surface area contributed by atoms with E-state index in [1.807, 2.05) is 0 Å². The molecule has 0 bridgehead atoms. The minimum absolute atomic E-state index is 0.162. The summed E-state index contributed by atoms with van der Waals surface area (Å²) >= 11 is 5.52. The Morgan fingerprint density at radius 2 is 1.79 bits per heavy atom. The third-order valence-corrected chi connectivity index (χ3v) is 4.50. The zero-order valence-corrected chi connectivity index (χ0v) is 13.7. The number of halogens is 4. The van der Waals surface area contributed by atoms with Crippen LogP contribution in [0.2, 0.25) is 5.02 Å². The van der Waals surface area contributed by atoms with E-state index in [1.165, 1.54) is 25.1 Å². The van der Waals surface area contributed by atoms with Gasteiger partial charge in [-0.1, -0.05) is 23.7 Å². The fourth-order valence-electron chi connectivity index (χ4n) is 1.88. The number of alkyl halides is 3. The molecule has 2 rings (SSSR count). The molecule has 0 atom stereocenters. The van der Waals surface area contributed by atoms with Gasteiger partial charge in [-0.3, -0.25) is 4.79 Å². The van der Waals surface area contributed by atoms with Gasteiger partial charge in [-0.05, 0) is 37.3 Å². The minimum atomic E-state index is -4.93. The summed E-state index contributed by atoms with van der Waals surface area (Å²) in [7, 11) is -4.78. The summed E-state index contributed by atoms with van der Waals surface area (Å²) in [4.78, 5) is 10.2. The molecular weight excluding hydrogens is 369 g/mol. The molecule has 0 unspecified atom stereocenters. The van der Waals surface area contributed by atoms with Crippen LogP contribution in [0, 0.1) is 0 Å².